The molecule has 2 aromatic rings. The van der Waals surface area contributed by atoms with Gasteiger partial charge in [-0.1, -0.05) is 31.0 Å². The van der Waals surface area contributed by atoms with E-state index in [0.29, 0.717) is 23.5 Å². The zero-order chi connectivity index (χ0) is 23.6. The van der Waals surface area contributed by atoms with Crippen LogP contribution in [0.3, 0.4) is 0 Å². The zero-order valence-electron chi connectivity index (χ0n) is 18.6. The number of carbonyl (C=O) groups is 2. The minimum absolute atomic E-state index is 0.207. The molecule has 0 spiro atoms. The molecule has 7 nitrogen and oxygen atoms in total. The maximum atomic E-state index is 12.5. The second-order valence-electron chi connectivity index (χ2n) is 8.08. The van der Waals surface area contributed by atoms with Gasteiger partial charge in [-0.25, -0.2) is 4.85 Å². The van der Waals surface area contributed by atoms with Crippen molar-refractivity contribution in [3.05, 3.63) is 65.0 Å². The van der Waals surface area contributed by atoms with Crippen LogP contribution in [0.1, 0.15) is 50.2 Å². The Morgan fingerprint density at radius 2 is 1.78 bits per heavy atom. The van der Waals surface area contributed by atoms with Gasteiger partial charge in [-0.15, -0.1) is 0 Å². The molecular weight excluding hydrogens is 408 g/mol. The van der Waals surface area contributed by atoms with Crippen LogP contribution < -0.4 is 10.1 Å². The van der Waals surface area contributed by atoms with E-state index >= 15 is 0 Å². The number of anilines is 1. The molecule has 170 valence electrons. The Morgan fingerprint density at radius 1 is 1.09 bits per heavy atom. The average molecular weight is 439 g/mol. The predicted molar refractivity (Wildman–Crippen MR) is 123 cm³/mol. The van der Waals surface area contributed by atoms with Crippen LogP contribution in [0.5, 0.6) is 5.75 Å². The van der Waals surface area contributed by atoms with E-state index in [0.717, 1.165) is 36.8 Å². The molecule has 1 amide bonds. The largest absolute Gasteiger partial charge is 0.490 e. The predicted octanol–water partition coefficient (Wildman–Crippen LogP) is 4.89. The Hall–Kier alpha value is -3.37. The molecule has 0 fully saturated rings. The first-order valence-electron chi connectivity index (χ1n) is 10.7. The molecule has 1 atom stereocenters. The SMILES string of the molecule is [C-]#[N+]c1ccc(NC(=O)[C@](C)(O)COc2ccc(CCCCCCC(=O)O)cc2)cc1C. The van der Waals surface area contributed by atoms with E-state index in [1.807, 2.05) is 12.1 Å². The van der Waals surface area contributed by atoms with Crippen LogP contribution >= 0.6 is 0 Å². The van der Waals surface area contributed by atoms with E-state index in [-0.39, 0.29) is 13.0 Å². The summed E-state index contributed by atoms with van der Waals surface area (Å²) in [7, 11) is 0. The van der Waals surface area contributed by atoms with Gasteiger partial charge in [-0.05, 0) is 68.5 Å². The van der Waals surface area contributed by atoms with Crippen molar-refractivity contribution >= 4 is 23.3 Å². The number of ether oxygens (including phenoxy) is 1. The number of unbranched alkanes of at least 4 members (excludes halogenated alkanes) is 3. The fourth-order valence-electron chi connectivity index (χ4n) is 3.13. The summed E-state index contributed by atoms with van der Waals surface area (Å²) < 4.78 is 5.62. The number of benzene rings is 2. The van der Waals surface area contributed by atoms with Crippen molar-refractivity contribution in [2.24, 2.45) is 0 Å². The lowest BCUT2D eigenvalue weighted by atomic mass is 10.1. The van der Waals surface area contributed by atoms with Gasteiger partial charge in [0.05, 0.1) is 6.57 Å². The maximum absolute atomic E-state index is 12.5. The lowest BCUT2D eigenvalue weighted by Gasteiger charge is -2.23. The summed E-state index contributed by atoms with van der Waals surface area (Å²) in [5.74, 6) is -0.782. The molecule has 0 radical (unpaired) electrons. The fraction of sp³-hybridized carbons (Fsp3) is 0.400. The first kappa shape index (κ1) is 24.9. The number of rotatable bonds is 12. The van der Waals surface area contributed by atoms with Crippen molar-refractivity contribution in [1.82, 2.24) is 0 Å². The summed E-state index contributed by atoms with van der Waals surface area (Å²) in [4.78, 5) is 26.4. The number of amides is 1. The summed E-state index contributed by atoms with van der Waals surface area (Å²) in [5, 5.41) is 21.8. The monoisotopic (exact) mass is 438 g/mol. The van der Waals surface area contributed by atoms with Crippen molar-refractivity contribution in [3.63, 3.8) is 0 Å². The second kappa shape index (κ2) is 11.9. The van der Waals surface area contributed by atoms with E-state index in [4.69, 9.17) is 16.4 Å². The van der Waals surface area contributed by atoms with Crippen LogP contribution in [0.2, 0.25) is 0 Å². The number of carboxylic acid groups (broad SMARTS) is 1. The number of aryl methyl sites for hydroxylation is 2. The van der Waals surface area contributed by atoms with Crippen LogP contribution in [0.25, 0.3) is 4.85 Å². The minimum Gasteiger partial charge on any atom is -0.490 e. The molecule has 0 aliphatic heterocycles. The van der Waals surface area contributed by atoms with E-state index < -0.39 is 17.5 Å². The molecular formula is C25H30N2O5. The van der Waals surface area contributed by atoms with Crippen molar-refractivity contribution in [2.45, 2.75) is 58.0 Å². The standard InChI is InChI=1S/C25H30N2O5/c1-18-16-20(12-15-22(18)26-3)27-24(30)25(2,31)17-32-21-13-10-19(11-14-21)8-6-4-5-7-9-23(28)29/h10-16,31H,4-9,17H2,1-2H3,(H,27,30)(H,28,29)/t25-/m1/s1. The zero-order valence-corrected chi connectivity index (χ0v) is 18.6. The van der Waals surface area contributed by atoms with E-state index in [1.165, 1.54) is 6.92 Å². The van der Waals surface area contributed by atoms with Gasteiger partial charge in [0, 0.05) is 12.1 Å². The molecule has 0 aliphatic rings. The Morgan fingerprint density at radius 3 is 2.41 bits per heavy atom. The molecule has 7 heteroatoms. The van der Waals surface area contributed by atoms with Crippen LogP contribution in [-0.2, 0) is 16.0 Å². The van der Waals surface area contributed by atoms with Gasteiger partial charge >= 0.3 is 5.97 Å². The summed E-state index contributed by atoms with van der Waals surface area (Å²) in [6, 6.07) is 12.4. The van der Waals surface area contributed by atoms with Gasteiger partial charge in [-0.3, -0.25) is 9.59 Å². The molecule has 0 aromatic heterocycles. The van der Waals surface area contributed by atoms with Gasteiger partial charge in [0.25, 0.3) is 5.91 Å². The number of hydrogen-bond acceptors (Lipinski definition) is 4. The van der Waals surface area contributed by atoms with Gasteiger partial charge < -0.3 is 20.3 Å². The van der Waals surface area contributed by atoms with E-state index in [2.05, 4.69) is 10.2 Å². The number of carbonyl (C=O) groups excluding carboxylic acids is 1. The quantitative estimate of drug-likeness (QED) is 0.324. The molecule has 2 rings (SSSR count). The minimum atomic E-state index is -1.74. The molecule has 0 bridgehead atoms. The number of nitrogens with one attached hydrogen (secondary N) is 1. The molecule has 0 saturated carbocycles. The first-order valence-corrected chi connectivity index (χ1v) is 10.7. The van der Waals surface area contributed by atoms with Gasteiger partial charge in [0.2, 0.25) is 0 Å². The molecule has 3 N–H and O–H groups in total. The molecule has 0 saturated heterocycles. The van der Waals surface area contributed by atoms with Gasteiger partial charge in [-0.2, -0.15) is 0 Å². The third-order valence-electron chi connectivity index (χ3n) is 5.11. The van der Waals surface area contributed by atoms with Crippen molar-refractivity contribution in [1.29, 1.82) is 0 Å². The average Bonchev–Trinajstić information content (AvgIpc) is 2.75. The second-order valence-corrected chi connectivity index (χ2v) is 8.08. The Kier molecular flexibility index (Phi) is 9.23. The van der Waals surface area contributed by atoms with Crippen molar-refractivity contribution < 1.29 is 24.5 Å². The lowest BCUT2D eigenvalue weighted by molar-refractivity contribution is -0.137. The fourth-order valence-corrected chi connectivity index (χ4v) is 3.13. The number of carboxylic acids is 1. The molecule has 0 heterocycles. The van der Waals surface area contributed by atoms with Crippen LogP contribution in [0.15, 0.2) is 42.5 Å². The number of aliphatic hydroxyl groups is 1. The van der Waals surface area contributed by atoms with Crippen molar-refractivity contribution in [3.8, 4) is 5.75 Å². The summed E-state index contributed by atoms with van der Waals surface area (Å²) in [5.41, 5.74) is 1.18. The summed E-state index contributed by atoms with van der Waals surface area (Å²) >= 11 is 0. The van der Waals surface area contributed by atoms with E-state index in [1.54, 1.807) is 37.3 Å². The highest BCUT2D eigenvalue weighted by atomic mass is 16.5. The summed E-state index contributed by atoms with van der Waals surface area (Å²) in [6.45, 7) is 10.0. The molecule has 0 aliphatic carbocycles. The van der Waals surface area contributed by atoms with E-state index in [9.17, 15) is 14.7 Å². The van der Waals surface area contributed by atoms with Gasteiger partial charge in [0.1, 0.15) is 12.4 Å². The van der Waals surface area contributed by atoms with Crippen LogP contribution in [0, 0.1) is 13.5 Å². The highest BCUT2D eigenvalue weighted by Gasteiger charge is 2.31. The first-order chi connectivity index (χ1) is 15.2. The number of aliphatic carboxylic acids is 1. The maximum Gasteiger partial charge on any atom is 0.303 e. The molecule has 0 unspecified atom stereocenters. The number of nitrogens with zero attached hydrogens (tertiary/aromatic N) is 1. The topological polar surface area (TPSA) is 100 Å². The van der Waals surface area contributed by atoms with Crippen LogP contribution in [0.4, 0.5) is 11.4 Å². The van der Waals surface area contributed by atoms with Gasteiger partial charge in [0.15, 0.2) is 11.3 Å². The number of hydrogen-bond donors (Lipinski definition) is 3. The highest BCUT2D eigenvalue weighted by molar-refractivity contribution is 5.97. The lowest BCUT2D eigenvalue weighted by Crippen LogP contribution is -2.45. The normalized spacial score (nSPS) is 12.4. The third kappa shape index (κ3) is 8.05. The Labute approximate surface area is 188 Å². The van der Waals surface area contributed by atoms with Crippen molar-refractivity contribution in [2.75, 3.05) is 11.9 Å². The Balaban J connectivity index is 1.79. The Bertz CT molecular complexity index is 961. The summed E-state index contributed by atoms with van der Waals surface area (Å²) in [6.07, 6.45) is 4.73. The third-order valence-corrected chi connectivity index (χ3v) is 5.11. The highest BCUT2D eigenvalue weighted by Crippen LogP contribution is 2.23. The van der Waals surface area contributed by atoms with Crippen LogP contribution in [-0.4, -0.2) is 34.3 Å². The molecule has 2 aromatic carbocycles. The molecule has 32 heavy (non-hydrogen) atoms. The smallest absolute Gasteiger partial charge is 0.303 e.